The molecule has 2 aromatic rings. The lowest BCUT2D eigenvalue weighted by Gasteiger charge is -2.34. The van der Waals surface area contributed by atoms with Crippen molar-refractivity contribution in [1.29, 1.82) is 5.26 Å². The molecule has 1 N–H and O–H groups in total. The van der Waals surface area contributed by atoms with E-state index in [0.717, 1.165) is 42.3 Å². The highest BCUT2D eigenvalue weighted by Gasteiger charge is 2.31. The van der Waals surface area contributed by atoms with Crippen LogP contribution in [0.2, 0.25) is 0 Å². The Morgan fingerprint density at radius 2 is 2.04 bits per heavy atom. The summed E-state index contributed by atoms with van der Waals surface area (Å²) in [6.07, 6.45) is 2.87. The first-order valence-corrected chi connectivity index (χ1v) is 10.0. The van der Waals surface area contributed by atoms with Crippen LogP contribution in [-0.2, 0) is 17.6 Å². The second kappa shape index (κ2) is 7.74. The van der Waals surface area contributed by atoms with Crippen molar-refractivity contribution in [2.24, 2.45) is 11.3 Å². The van der Waals surface area contributed by atoms with Crippen molar-refractivity contribution >= 4 is 17.7 Å². The monoisotopic (exact) mass is 380 g/mol. The van der Waals surface area contributed by atoms with Crippen LogP contribution in [0, 0.1) is 22.7 Å². The fourth-order valence-electron chi connectivity index (χ4n) is 3.56. The van der Waals surface area contributed by atoms with Crippen LogP contribution in [0.5, 0.6) is 0 Å². The first-order valence-electron chi connectivity index (χ1n) is 9.17. The number of hydrogen-bond acceptors (Lipinski definition) is 4. The number of aryl methyl sites for hydroxylation is 1. The average Bonchev–Trinajstić information content (AvgIpc) is 2.64. The van der Waals surface area contributed by atoms with E-state index in [4.69, 9.17) is 4.98 Å². The Morgan fingerprint density at radius 1 is 1.33 bits per heavy atom. The quantitative estimate of drug-likeness (QED) is 0.754. The van der Waals surface area contributed by atoms with E-state index in [1.807, 2.05) is 24.3 Å². The van der Waals surface area contributed by atoms with Gasteiger partial charge in [-0.2, -0.15) is 5.26 Å². The molecule has 1 aliphatic rings. The smallest absolute Gasteiger partial charge is 0.321 e. The van der Waals surface area contributed by atoms with Gasteiger partial charge in [0, 0.05) is 5.69 Å². The van der Waals surface area contributed by atoms with Gasteiger partial charge in [-0.15, -0.1) is 0 Å². The number of carbonyl (C=O) groups is 1. The zero-order chi connectivity index (χ0) is 19.6. The van der Waals surface area contributed by atoms with Gasteiger partial charge in [0.05, 0.1) is 5.56 Å². The van der Waals surface area contributed by atoms with Crippen LogP contribution in [0.1, 0.15) is 54.8 Å². The van der Waals surface area contributed by atoms with E-state index in [9.17, 15) is 15.2 Å². The van der Waals surface area contributed by atoms with Gasteiger partial charge in [0.15, 0.2) is 0 Å². The maximum absolute atomic E-state index is 11.8. The second-order valence-corrected chi connectivity index (χ2v) is 9.21. The van der Waals surface area contributed by atoms with Crippen molar-refractivity contribution in [1.82, 2.24) is 4.98 Å². The van der Waals surface area contributed by atoms with Crippen molar-refractivity contribution in [3.8, 4) is 6.07 Å². The predicted octanol–water partition coefficient (Wildman–Crippen LogP) is 5.02. The summed E-state index contributed by atoms with van der Waals surface area (Å²) >= 11 is 1.15. The van der Waals surface area contributed by atoms with E-state index >= 15 is 0 Å². The summed E-state index contributed by atoms with van der Waals surface area (Å²) in [5.41, 5.74) is 3.53. The molecular formula is C22H24N2O2S. The van der Waals surface area contributed by atoms with Gasteiger partial charge in [0.1, 0.15) is 16.3 Å². The summed E-state index contributed by atoms with van der Waals surface area (Å²) in [5.74, 6) is -0.365. The highest BCUT2D eigenvalue weighted by molar-refractivity contribution is 8.00. The number of aromatic nitrogens is 1. The molecule has 2 unspecified atom stereocenters. The normalized spacial score (nSPS) is 17.6. The lowest BCUT2D eigenvalue weighted by molar-refractivity contribution is -0.136. The third-order valence-electron chi connectivity index (χ3n) is 5.25. The SMILES string of the molecule is CC(C)(C)C1CCc2nc(SC(C(=O)O)c3ccccc3)c(C#N)cc2C1. The van der Waals surface area contributed by atoms with Crippen molar-refractivity contribution in [2.75, 3.05) is 0 Å². The van der Waals surface area contributed by atoms with Crippen molar-refractivity contribution < 1.29 is 9.90 Å². The molecule has 2 atom stereocenters. The minimum absolute atomic E-state index is 0.222. The number of aliphatic carboxylic acids is 1. The number of rotatable bonds is 4. The first-order chi connectivity index (χ1) is 12.8. The number of pyridine rings is 1. The van der Waals surface area contributed by atoms with Crippen molar-refractivity contribution in [3.63, 3.8) is 0 Å². The van der Waals surface area contributed by atoms with Crippen LogP contribution in [0.4, 0.5) is 0 Å². The fraction of sp³-hybridized carbons (Fsp3) is 0.409. The number of carboxylic acids is 1. The third kappa shape index (κ3) is 4.33. The van der Waals surface area contributed by atoms with Gasteiger partial charge in [0.2, 0.25) is 0 Å². The third-order valence-corrected chi connectivity index (χ3v) is 6.50. The minimum atomic E-state index is -0.928. The molecule has 4 nitrogen and oxygen atoms in total. The van der Waals surface area contributed by atoms with E-state index in [2.05, 4.69) is 26.8 Å². The number of benzene rings is 1. The molecule has 1 aliphatic carbocycles. The molecule has 1 heterocycles. The Balaban J connectivity index is 1.93. The second-order valence-electron chi connectivity index (χ2n) is 8.11. The Kier molecular flexibility index (Phi) is 5.57. The molecule has 0 saturated heterocycles. The molecule has 1 aromatic heterocycles. The highest BCUT2D eigenvalue weighted by Crippen LogP contribution is 2.40. The van der Waals surface area contributed by atoms with E-state index in [-0.39, 0.29) is 5.41 Å². The Morgan fingerprint density at radius 3 is 2.63 bits per heavy atom. The fourth-order valence-corrected chi connectivity index (χ4v) is 4.57. The van der Waals surface area contributed by atoms with Gasteiger partial charge in [0.25, 0.3) is 0 Å². The molecule has 0 spiro atoms. The summed E-state index contributed by atoms with van der Waals surface area (Å²) in [6.45, 7) is 6.76. The highest BCUT2D eigenvalue weighted by atomic mass is 32.2. The number of hydrogen-bond donors (Lipinski definition) is 1. The molecule has 27 heavy (non-hydrogen) atoms. The number of nitrogens with zero attached hydrogens (tertiary/aromatic N) is 2. The number of thioether (sulfide) groups is 1. The first kappa shape index (κ1) is 19.4. The van der Waals surface area contributed by atoms with Crippen LogP contribution in [-0.4, -0.2) is 16.1 Å². The minimum Gasteiger partial charge on any atom is -0.480 e. The maximum atomic E-state index is 11.8. The van der Waals surface area contributed by atoms with Crippen LogP contribution < -0.4 is 0 Å². The lowest BCUT2D eigenvalue weighted by atomic mass is 9.71. The van der Waals surface area contributed by atoms with Crippen molar-refractivity contribution in [2.45, 2.75) is 50.3 Å². The Bertz CT molecular complexity index is 882. The van der Waals surface area contributed by atoms with Gasteiger partial charge < -0.3 is 5.11 Å². The van der Waals surface area contributed by atoms with Gasteiger partial charge >= 0.3 is 5.97 Å². The van der Waals surface area contributed by atoms with Gasteiger partial charge in [-0.1, -0.05) is 62.9 Å². The van der Waals surface area contributed by atoms with Gasteiger partial charge in [-0.05, 0) is 47.8 Å². The van der Waals surface area contributed by atoms with Crippen LogP contribution in [0.25, 0.3) is 0 Å². The summed E-state index contributed by atoms with van der Waals surface area (Å²) in [5, 5.41) is 19.0. The molecule has 0 saturated carbocycles. The molecule has 0 bridgehead atoms. The standard InChI is InChI=1S/C22H24N2O2S/c1-22(2,3)17-9-10-18-15(12-17)11-16(13-23)20(24-18)27-19(21(25)26)14-7-5-4-6-8-14/h4-8,11,17,19H,9-10,12H2,1-3H3,(H,25,26). The van der Waals surface area contributed by atoms with E-state index in [1.165, 1.54) is 0 Å². The average molecular weight is 381 g/mol. The van der Waals surface area contributed by atoms with E-state index in [0.29, 0.717) is 22.1 Å². The van der Waals surface area contributed by atoms with Crippen LogP contribution >= 0.6 is 11.8 Å². The molecule has 140 valence electrons. The number of nitriles is 1. The number of fused-ring (bicyclic) bond motifs is 1. The molecule has 3 rings (SSSR count). The van der Waals surface area contributed by atoms with Gasteiger partial charge in [-0.25, -0.2) is 4.98 Å². The van der Waals surface area contributed by atoms with E-state index in [1.54, 1.807) is 12.1 Å². The number of carboxylic acid groups (broad SMARTS) is 1. The zero-order valence-electron chi connectivity index (χ0n) is 15.9. The molecule has 0 fully saturated rings. The Labute approximate surface area is 164 Å². The maximum Gasteiger partial charge on any atom is 0.321 e. The summed E-state index contributed by atoms with van der Waals surface area (Å²) in [7, 11) is 0. The van der Waals surface area contributed by atoms with E-state index < -0.39 is 11.2 Å². The van der Waals surface area contributed by atoms with Crippen LogP contribution in [0.3, 0.4) is 0 Å². The molecule has 0 radical (unpaired) electrons. The summed E-state index contributed by atoms with van der Waals surface area (Å²) < 4.78 is 0. The predicted molar refractivity (Wildman–Crippen MR) is 107 cm³/mol. The van der Waals surface area contributed by atoms with Crippen molar-refractivity contribution in [3.05, 3.63) is 58.8 Å². The summed E-state index contributed by atoms with van der Waals surface area (Å²) in [6, 6.07) is 13.2. The van der Waals surface area contributed by atoms with Gasteiger partial charge in [-0.3, -0.25) is 4.79 Å². The molecule has 0 aliphatic heterocycles. The topological polar surface area (TPSA) is 74.0 Å². The lowest BCUT2D eigenvalue weighted by Crippen LogP contribution is -2.27. The zero-order valence-corrected chi connectivity index (χ0v) is 16.7. The molecule has 5 heteroatoms. The molecular weight excluding hydrogens is 356 g/mol. The molecule has 0 amide bonds. The Hall–Kier alpha value is -2.32. The van der Waals surface area contributed by atoms with Crippen LogP contribution in [0.15, 0.2) is 41.4 Å². The summed E-state index contributed by atoms with van der Waals surface area (Å²) in [4.78, 5) is 16.5. The largest absolute Gasteiger partial charge is 0.480 e. The molecule has 1 aromatic carbocycles.